The minimum Gasteiger partial charge on any atom is -0.393 e. The first kappa shape index (κ1) is 21.1. The Hall–Kier alpha value is -0.600. The Morgan fingerprint density at radius 3 is 2.78 bits per heavy atom. The Morgan fingerprint density at radius 1 is 1.26 bits per heavy atom. The smallest absolute Gasteiger partial charge is 0.0602 e. The van der Waals surface area contributed by atoms with E-state index in [0.29, 0.717) is 23.7 Å². The third-order valence-corrected chi connectivity index (χ3v) is 8.72. The van der Waals surface area contributed by atoms with Gasteiger partial charge in [-0.2, -0.15) is 0 Å². The lowest BCUT2D eigenvalue weighted by molar-refractivity contribution is -0.0302. The van der Waals surface area contributed by atoms with Gasteiger partial charge in [-0.3, -0.25) is 0 Å². The van der Waals surface area contributed by atoms with Gasteiger partial charge in [-0.1, -0.05) is 44.4 Å². The number of hydrogen-bond donors (Lipinski definition) is 2. The predicted molar refractivity (Wildman–Crippen MR) is 113 cm³/mol. The fraction of sp³-hybridized carbons (Fsp3) is 0.840. The van der Waals surface area contributed by atoms with Gasteiger partial charge >= 0.3 is 0 Å². The van der Waals surface area contributed by atoms with E-state index in [1.54, 1.807) is 0 Å². The summed E-state index contributed by atoms with van der Waals surface area (Å²) in [6, 6.07) is 0. The SMILES string of the molecule is C=CC[C@@H](O)[C@@H](C)[C@H]1CC[C@H]2[C@@H]3C/C=C(\C)C[C@@H](O)CCC[C@H]3CC[C@]12C. The van der Waals surface area contributed by atoms with Gasteiger partial charge in [0.2, 0.25) is 0 Å². The number of aliphatic hydroxyl groups is 2. The monoisotopic (exact) mass is 374 g/mol. The summed E-state index contributed by atoms with van der Waals surface area (Å²) in [7, 11) is 0. The Bertz CT molecular complexity index is 538. The van der Waals surface area contributed by atoms with Crippen molar-refractivity contribution < 1.29 is 10.2 Å². The Morgan fingerprint density at radius 2 is 2.04 bits per heavy atom. The van der Waals surface area contributed by atoms with Crippen molar-refractivity contribution in [2.24, 2.45) is 35.0 Å². The van der Waals surface area contributed by atoms with E-state index < -0.39 is 0 Å². The van der Waals surface area contributed by atoms with E-state index in [9.17, 15) is 10.2 Å². The van der Waals surface area contributed by atoms with Crippen molar-refractivity contribution in [1.29, 1.82) is 0 Å². The summed E-state index contributed by atoms with van der Waals surface area (Å²) >= 11 is 0. The third-order valence-electron chi connectivity index (χ3n) is 8.72. The second-order valence-corrected chi connectivity index (χ2v) is 10.3. The molecule has 2 nitrogen and oxygen atoms in total. The molecule has 0 radical (unpaired) electrons. The van der Waals surface area contributed by atoms with Crippen molar-refractivity contribution >= 4 is 0 Å². The molecule has 27 heavy (non-hydrogen) atoms. The number of rotatable bonds is 4. The molecule has 0 unspecified atom stereocenters. The van der Waals surface area contributed by atoms with E-state index >= 15 is 0 Å². The third kappa shape index (κ3) is 4.37. The van der Waals surface area contributed by atoms with Crippen molar-refractivity contribution in [1.82, 2.24) is 0 Å². The van der Waals surface area contributed by atoms with Gasteiger partial charge in [0.15, 0.2) is 0 Å². The van der Waals surface area contributed by atoms with Crippen LogP contribution in [0.1, 0.15) is 85.0 Å². The van der Waals surface area contributed by atoms with Gasteiger partial charge in [0.05, 0.1) is 12.2 Å². The predicted octanol–water partition coefficient (Wildman–Crippen LogP) is 5.89. The highest BCUT2D eigenvalue weighted by Gasteiger charge is 2.54. The van der Waals surface area contributed by atoms with Crippen LogP contribution in [-0.2, 0) is 0 Å². The molecule has 0 amide bonds. The molecule has 2 saturated carbocycles. The molecule has 3 aliphatic rings. The summed E-state index contributed by atoms with van der Waals surface area (Å²) in [5, 5.41) is 20.8. The highest BCUT2D eigenvalue weighted by molar-refractivity contribution is 5.08. The van der Waals surface area contributed by atoms with Crippen LogP contribution in [-0.4, -0.2) is 22.4 Å². The molecule has 0 saturated heterocycles. The quantitative estimate of drug-likeness (QED) is 0.602. The van der Waals surface area contributed by atoms with Crippen LogP contribution in [0.5, 0.6) is 0 Å². The first-order valence-electron chi connectivity index (χ1n) is 11.5. The van der Waals surface area contributed by atoms with Crippen LogP contribution in [0, 0.1) is 35.0 Å². The molecular weight excluding hydrogens is 332 g/mol. The molecule has 2 N–H and O–H groups in total. The summed E-state index contributed by atoms with van der Waals surface area (Å²) in [5.41, 5.74) is 1.76. The summed E-state index contributed by atoms with van der Waals surface area (Å²) in [6.45, 7) is 10.8. The zero-order chi connectivity index (χ0) is 19.6. The molecule has 3 rings (SSSR count). The maximum Gasteiger partial charge on any atom is 0.0602 e. The first-order chi connectivity index (χ1) is 12.9. The largest absolute Gasteiger partial charge is 0.393 e. The van der Waals surface area contributed by atoms with Crippen LogP contribution in [0.4, 0.5) is 0 Å². The maximum atomic E-state index is 10.6. The molecule has 0 aromatic rings. The minimum atomic E-state index is -0.242. The minimum absolute atomic E-state index is 0.144. The van der Waals surface area contributed by atoms with Crippen molar-refractivity contribution in [3.05, 3.63) is 24.3 Å². The van der Waals surface area contributed by atoms with E-state index in [0.717, 1.165) is 30.6 Å². The molecule has 0 spiro atoms. The Labute approximate surface area is 167 Å². The molecule has 0 aromatic heterocycles. The van der Waals surface area contributed by atoms with E-state index in [4.69, 9.17) is 0 Å². The molecule has 2 heteroatoms. The van der Waals surface area contributed by atoms with Gasteiger partial charge in [-0.05, 0) is 93.3 Å². The van der Waals surface area contributed by atoms with E-state index in [1.165, 1.54) is 50.5 Å². The molecule has 0 bridgehead atoms. The maximum absolute atomic E-state index is 10.6. The van der Waals surface area contributed by atoms with E-state index in [2.05, 4.69) is 33.4 Å². The lowest BCUT2D eigenvalue weighted by Crippen LogP contribution is -2.44. The van der Waals surface area contributed by atoms with Gasteiger partial charge in [0, 0.05) is 0 Å². The number of hydrogen-bond acceptors (Lipinski definition) is 2. The topological polar surface area (TPSA) is 40.5 Å². The molecule has 2 fully saturated rings. The standard InChI is InChI=1S/C25H42O2/c1-5-7-24(27)18(3)22-12-13-23-21-11-10-17(2)16-20(26)9-6-8-19(21)14-15-25(22,23)4/h5,10,18-24,26-27H,1,6-9,11-16H2,2-4H3/b17-10+/t18-,19-,20-,21+,22+,23-,24+,25+/m0/s1. The Kier molecular flexibility index (Phi) is 6.90. The van der Waals surface area contributed by atoms with Crippen molar-refractivity contribution in [3.8, 4) is 0 Å². The van der Waals surface area contributed by atoms with E-state index in [-0.39, 0.29) is 12.2 Å². The number of aliphatic hydroxyl groups excluding tert-OH is 2. The molecule has 0 aliphatic heterocycles. The van der Waals surface area contributed by atoms with Crippen LogP contribution < -0.4 is 0 Å². The van der Waals surface area contributed by atoms with E-state index in [1.807, 2.05) is 6.08 Å². The molecule has 8 atom stereocenters. The Balaban J connectivity index is 1.79. The van der Waals surface area contributed by atoms with Crippen molar-refractivity contribution in [2.45, 2.75) is 97.2 Å². The van der Waals surface area contributed by atoms with Crippen LogP contribution in [0.2, 0.25) is 0 Å². The zero-order valence-corrected chi connectivity index (χ0v) is 17.9. The second-order valence-electron chi connectivity index (χ2n) is 10.3. The number of fused-ring (bicyclic) bond motifs is 3. The summed E-state index contributed by atoms with van der Waals surface area (Å²) < 4.78 is 0. The van der Waals surface area contributed by atoms with Crippen LogP contribution in [0.15, 0.2) is 24.3 Å². The van der Waals surface area contributed by atoms with Gasteiger partial charge in [0.25, 0.3) is 0 Å². The normalized spacial score (nSPS) is 44.3. The van der Waals surface area contributed by atoms with Gasteiger partial charge < -0.3 is 10.2 Å². The molecule has 154 valence electrons. The molecule has 0 heterocycles. The average Bonchev–Trinajstić information content (AvgIpc) is 2.97. The van der Waals surface area contributed by atoms with Crippen LogP contribution >= 0.6 is 0 Å². The summed E-state index contributed by atoms with van der Waals surface area (Å²) in [6.07, 6.45) is 15.4. The second kappa shape index (κ2) is 8.82. The fourth-order valence-corrected chi connectivity index (χ4v) is 7.15. The van der Waals surface area contributed by atoms with Crippen LogP contribution in [0.25, 0.3) is 0 Å². The zero-order valence-electron chi connectivity index (χ0n) is 17.9. The fourth-order valence-electron chi connectivity index (χ4n) is 7.15. The highest BCUT2D eigenvalue weighted by Crippen LogP contribution is 2.62. The summed E-state index contributed by atoms with van der Waals surface area (Å²) in [5.74, 6) is 3.42. The molecular formula is C25H42O2. The van der Waals surface area contributed by atoms with Gasteiger partial charge in [0.1, 0.15) is 0 Å². The first-order valence-corrected chi connectivity index (χ1v) is 11.5. The molecule has 0 aromatic carbocycles. The average molecular weight is 375 g/mol. The lowest BCUT2D eigenvalue weighted by Gasteiger charge is -2.50. The summed E-state index contributed by atoms with van der Waals surface area (Å²) in [4.78, 5) is 0. The highest BCUT2D eigenvalue weighted by atomic mass is 16.3. The van der Waals surface area contributed by atoms with Crippen LogP contribution in [0.3, 0.4) is 0 Å². The molecule has 3 aliphatic carbocycles. The van der Waals surface area contributed by atoms with Gasteiger partial charge in [-0.25, -0.2) is 0 Å². The van der Waals surface area contributed by atoms with Gasteiger partial charge in [-0.15, -0.1) is 6.58 Å². The van der Waals surface area contributed by atoms with Crippen molar-refractivity contribution in [3.63, 3.8) is 0 Å². The lowest BCUT2D eigenvalue weighted by atomic mass is 9.55. The van der Waals surface area contributed by atoms with Crippen molar-refractivity contribution in [2.75, 3.05) is 0 Å². The number of allylic oxidation sites excluding steroid dienone is 1.